The molecule has 0 bridgehead atoms. The molecule has 0 aromatic heterocycles. The molecular weight excluding hydrogens is 314 g/mol. The molecule has 5 heteroatoms. The van der Waals surface area contributed by atoms with Crippen LogP contribution in [-0.4, -0.2) is 24.8 Å². The number of hydrogen-bond acceptors (Lipinski definition) is 3. The lowest BCUT2D eigenvalue weighted by Gasteiger charge is -2.10. The molecule has 1 aromatic carbocycles. The fourth-order valence-corrected chi connectivity index (χ4v) is 2.70. The molecule has 0 fully saturated rings. The molecule has 0 aliphatic carbocycles. The van der Waals surface area contributed by atoms with Crippen LogP contribution in [0, 0.1) is 0 Å². The smallest absolute Gasteiger partial charge is 0.230 e. The molecule has 1 aromatic rings. The minimum atomic E-state index is 0.0731. The number of rotatable bonds is 6. The number of halogens is 1. The lowest BCUT2D eigenvalue weighted by atomic mass is 10.2. The highest BCUT2D eigenvalue weighted by Gasteiger charge is 2.07. The third-order valence-corrected chi connectivity index (χ3v) is 3.66. The van der Waals surface area contributed by atoms with Crippen molar-refractivity contribution in [3.8, 4) is 5.75 Å². The third-order valence-electron chi connectivity index (χ3n) is 2.18. The van der Waals surface area contributed by atoms with E-state index < -0.39 is 0 Å². The van der Waals surface area contributed by atoms with Crippen LogP contribution in [0.25, 0.3) is 0 Å². The van der Waals surface area contributed by atoms with Gasteiger partial charge in [0.25, 0.3) is 0 Å². The second-order valence-electron chi connectivity index (χ2n) is 4.17. The van der Waals surface area contributed by atoms with Gasteiger partial charge in [-0.1, -0.05) is 15.9 Å². The SMILES string of the molecule is COc1ccc(Br)cc1CSCC(=O)NC(C)C. The van der Waals surface area contributed by atoms with Gasteiger partial charge in [0.05, 0.1) is 12.9 Å². The fourth-order valence-electron chi connectivity index (χ4n) is 1.48. The molecule has 0 spiro atoms. The predicted molar refractivity (Wildman–Crippen MR) is 80.1 cm³/mol. The van der Waals surface area contributed by atoms with Crippen molar-refractivity contribution in [2.24, 2.45) is 0 Å². The van der Waals surface area contributed by atoms with Gasteiger partial charge in [-0.25, -0.2) is 0 Å². The summed E-state index contributed by atoms with van der Waals surface area (Å²) in [6.45, 7) is 3.92. The summed E-state index contributed by atoms with van der Waals surface area (Å²) in [5.74, 6) is 2.15. The summed E-state index contributed by atoms with van der Waals surface area (Å²) in [7, 11) is 1.66. The molecule has 1 N–H and O–H groups in total. The maximum absolute atomic E-state index is 11.5. The Labute approximate surface area is 121 Å². The zero-order chi connectivity index (χ0) is 13.5. The van der Waals surface area contributed by atoms with Crippen molar-refractivity contribution in [3.05, 3.63) is 28.2 Å². The molecule has 0 aliphatic heterocycles. The standard InChI is InChI=1S/C13H18BrNO2S/c1-9(2)15-13(16)8-18-7-10-6-11(14)4-5-12(10)17-3/h4-6,9H,7-8H2,1-3H3,(H,15,16). The number of amides is 1. The van der Waals surface area contributed by atoms with E-state index in [2.05, 4.69) is 21.2 Å². The van der Waals surface area contributed by atoms with E-state index in [0.717, 1.165) is 21.5 Å². The first kappa shape index (κ1) is 15.4. The van der Waals surface area contributed by atoms with Gasteiger partial charge in [0, 0.05) is 21.8 Å². The van der Waals surface area contributed by atoms with Gasteiger partial charge in [-0.3, -0.25) is 4.79 Å². The Hall–Kier alpha value is -0.680. The molecule has 3 nitrogen and oxygen atoms in total. The van der Waals surface area contributed by atoms with Crippen molar-refractivity contribution >= 4 is 33.6 Å². The van der Waals surface area contributed by atoms with Gasteiger partial charge in [-0.2, -0.15) is 0 Å². The molecule has 1 rings (SSSR count). The summed E-state index contributed by atoms with van der Waals surface area (Å²) in [6, 6.07) is 6.08. The van der Waals surface area contributed by atoms with Gasteiger partial charge in [0.1, 0.15) is 5.75 Å². The van der Waals surface area contributed by atoms with Crippen LogP contribution in [0.15, 0.2) is 22.7 Å². The van der Waals surface area contributed by atoms with E-state index in [1.54, 1.807) is 18.9 Å². The minimum Gasteiger partial charge on any atom is -0.496 e. The van der Waals surface area contributed by atoms with Crippen LogP contribution in [0.1, 0.15) is 19.4 Å². The van der Waals surface area contributed by atoms with Crippen LogP contribution < -0.4 is 10.1 Å². The molecule has 0 radical (unpaired) electrons. The number of carbonyl (C=O) groups excluding carboxylic acids is 1. The molecule has 0 heterocycles. The molecule has 1 amide bonds. The Morgan fingerprint density at radius 2 is 2.22 bits per heavy atom. The van der Waals surface area contributed by atoms with Crippen molar-refractivity contribution in [2.75, 3.05) is 12.9 Å². The van der Waals surface area contributed by atoms with E-state index in [-0.39, 0.29) is 11.9 Å². The Bertz CT molecular complexity index is 410. The van der Waals surface area contributed by atoms with E-state index in [4.69, 9.17) is 4.74 Å². The van der Waals surface area contributed by atoms with Gasteiger partial charge < -0.3 is 10.1 Å². The van der Waals surface area contributed by atoms with E-state index in [1.165, 1.54) is 0 Å². The first-order chi connectivity index (χ1) is 8.52. The first-order valence-corrected chi connectivity index (χ1v) is 7.67. The summed E-state index contributed by atoms with van der Waals surface area (Å²) in [4.78, 5) is 11.5. The summed E-state index contributed by atoms with van der Waals surface area (Å²) in [5, 5.41) is 2.87. The van der Waals surface area contributed by atoms with Gasteiger partial charge >= 0.3 is 0 Å². The highest BCUT2D eigenvalue weighted by molar-refractivity contribution is 9.10. The largest absolute Gasteiger partial charge is 0.496 e. The molecule has 0 atom stereocenters. The van der Waals surface area contributed by atoms with Gasteiger partial charge in [0.2, 0.25) is 5.91 Å². The van der Waals surface area contributed by atoms with Crippen molar-refractivity contribution in [3.63, 3.8) is 0 Å². The Kier molecular flexibility index (Phi) is 6.57. The molecular formula is C13H18BrNO2S. The monoisotopic (exact) mass is 331 g/mol. The van der Waals surface area contributed by atoms with Gasteiger partial charge in [0.15, 0.2) is 0 Å². The third kappa shape index (κ3) is 5.31. The Morgan fingerprint density at radius 1 is 1.50 bits per heavy atom. The average Bonchev–Trinajstić information content (AvgIpc) is 2.28. The van der Waals surface area contributed by atoms with Crippen molar-refractivity contribution in [2.45, 2.75) is 25.6 Å². The molecule has 100 valence electrons. The van der Waals surface area contributed by atoms with Gasteiger partial charge in [-0.05, 0) is 32.0 Å². The average molecular weight is 332 g/mol. The highest BCUT2D eigenvalue weighted by Crippen LogP contribution is 2.26. The number of methoxy groups -OCH3 is 1. The maximum Gasteiger partial charge on any atom is 0.230 e. The molecule has 0 aliphatic rings. The molecule has 18 heavy (non-hydrogen) atoms. The topological polar surface area (TPSA) is 38.3 Å². The first-order valence-electron chi connectivity index (χ1n) is 5.72. The second kappa shape index (κ2) is 7.69. The minimum absolute atomic E-state index is 0.0731. The molecule has 0 saturated carbocycles. The number of ether oxygens (including phenoxy) is 1. The van der Waals surface area contributed by atoms with Crippen LogP contribution in [0.4, 0.5) is 0 Å². The number of carbonyl (C=O) groups is 1. The van der Waals surface area contributed by atoms with Crippen molar-refractivity contribution in [1.82, 2.24) is 5.32 Å². The maximum atomic E-state index is 11.5. The lowest BCUT2D eigenvalue weighted by molar-refractivity contribution is -0.119. The van der Waals surface area contributed by atoms with E-state index in [1.807, 2.05) is 32.0 Å². The fraction of sp³-hybridized carbons (Fsp3) is 0.462. The van der Waals surface area contributed by atoms with E-state index in [9.17, 15) is 4.79 Å². The summed E-state index contributed by atoms with van der Waals surface area (Å²) < 4.78 is 6.31. The zero-order valence-corrected chi connectivity index (χ0v) is 13.2. The highest BCUT2D eigenvalue weighted by atomic mass is 79.9. The summed E-state index contributed by atoms with van der Waals surface area (Å²) >= 11 is 5.02. The Morgan fingerprint density at radius 3 is 2.83 bits per heavy atom. The molecule has 0 saturated heterocycles. The summed E-state index contributed by atoms with van der Waals surface area (Å²) in [5.41, 5.74) is 1.09. The predicted octanol–water partition coefficient (Wildman–Crippen LogP) is 3.22. The van der Waals surface area contributed by atoms with Crippen molar-refractivity contribution in [1.29, 1.82) is 0 Å². The second-order valence-corrected chi connectivity index (χ2v) is 6.07. The normalized spacial score (nSPS) is 10.5. The van der Waals surface area contributed by atoms with Crippen LogP contribution in [-0.2, 0) is 10.5 Å². The van der Waals surface area contributed by atoms with Crippen LogP contribution in [0.5, 0.6) is 5.75 Å². The number of nitrogens with one attached hydrogen (secondary N) is 1. The number of thioether (sulfide) groups is 1. The quantitative estimate of drug-likeness (QED) is 0.869. The van der Waals surface area contributed by atoms with Crippen LogP contribution in [0.2, 0.25) is 0 Å². The zero-order valence-electron chi connectivity index (χ0n) is 10.8. The van der Waals surface area contributed by atoms with Crippen LogP contribution >= 0.6 is 27.7 Å². The van der Waals surface area contributed by atoms with Crippen molar-refractivity contribution < 1.29 is 9.53 Å². The van der Waals surface area contributed by atoms with E-state index in [0.29, 0.717) is 5.75 Å². The Balaban J connectivity index is 2.48. The molecule has 0 unspecified atom stereocenters. The van der Waals surface area contributed by atoms with Crippen LogP contribution in [0.3, 0.4) is 0 Å². The lowest BCUT2D eigenvalue weighted by Crippen LogP contribution is -2.31. The van der Waals surface area contributed by atoms with E-state index >= 15 is 0 Å². The van der Waals surface area contributed by atoms with Gasteiger partial charge in [-0.15, -0.1) is 11.8 Å². The number of hydrogen-bond donors (Lipinski definition) is 1. The number of benzene rings is 1. The summed E-state index contributed by atoms with van der Waals surface area (Å²) in [6.07, 6.45) is 0.